The second-order valence-electron chi connectivity index (χ2n) is 4.94. The van der Waals surface area contributed by atoms with Crippen molar-refractivity contribution in [3.8, 4) is 0 Å². The van der Waals surface area contributed by atoms with Crippen LogP contribution in [0.5, 0.6) is 0 Å². The lowest BCUT2D eigenvalue weighted by Crippen LogP contribution is -2.08. The van der Waals surface area contributed by atoms with Gasteiger partial charge in [0.2, 0.25) is 0 Å². The van der Waals surface area contributed by atoms with Crippen LogP contribution in [0.25, 0.3) is 5.76 Å². The predicted molar refractivity (Wildman–Crippen MR) is 89.0 cm³/mol. The van der Waals surface area contributed by atoms with Crippen LogP contribution in [0.15, 0.2) is 58.6 Å². The van der Waals surface area contributed by atoms with Gasteiger partial charge < -0.3 is 9.84 Å². The Hall–Kier alpha value is -2.11. The fourth-order valence-electron chi connectivity index (χ4n) is 2.32. The number of cyclic esters (lactones) is 1. The summed E-state index contributed by atoms with van der Waals surface area (Å²) in [5.41, 5.74) is 0.917. The molecule has 1 saturated heterocycles. The van der Waals surface area contributed by atoms with Crippen LogP contribution in [-0.4, -0.2) is 16.9 Å². The first kappa shape index (κ1) is 15.8. The summed E-state index contributed by atoms with van der Waals surface area (Å²) in [6.07, 6.45) is -0.932. The second kappa shape index (κ2) is 6.18. The predicted octanol–water partition coefficient (Wildman–Crippen LogP) is 4.24. The van der Waals surface area contributed by atoms with Gasteiger partial charge in [0.05, 0.1) is 5.57 Å². The van der Waals surface area contributed by atoms with Crippen LogP contribution in [0.1, 0.15) is 17.2 Å². The molecule has 0 amide bonds. The number of carbonyl (C=O) groups is 2. The molecule has 6 heteroatoms. The summed E-state index contributed by atoms with van der Waals surface area (Å²) >= 11 is 9.14. The highest BCUT2D eigenvalue weighted by atomic mass is 79.9. The number of ether oxygens (including phenoxy) is 1. The maximum Gasteiger partial charge on any atom is 0.380 e. The van der Waals surface area contributed by atoms with Crippen LogP contribution in [0, 0.1) is 0 Å². The number of aliphatic hydroxyl groups is 1. The Morgan fingerprint density at radius 1 is 1.04 bits per heavy atom. The van der Waals surface area contributed by atoms with Crippen molar-refractivity contribution in [2.75, 3.05) is 0 Å². The quantitative estimate of drug-likeness (QED) is 0.359. The van der Waals surface area contributed by atoms with Crippen LogP contribution in [0.2, 0.25) is 5.02 Å². The average Bonchev–Trinajstić information content (AvgIpc) is 2.84. The second-order valence-corrected chi connectivity index (χ2v) is 6.29. The summed E-state index contributed by atoms with van der Waals surface area (Å²) in [7, 11) is 0. The Balaban J connectivity index is 2.10. The maximum absolute atomic E-state index is 12.1. The van der Waals surface area contributed by atoms with Gasteiger partial charge in [-0.2, -0.15) is 0 Å². The largest absolute Gasteiger partial charge is 0.507 e. The van der Waals surface area contributed by atoms with E-state index in [9.17, 15) is 14.7 Å². The molecule has 2 aromatic carbocycles. The van der Waals surface area contributed by atoms with Crippen molar-refractivity contribution in [3.05, 3.63) is 74.7 Å². The Bertz CT molecular complexity index is 809. The van der Waals surface area contributed by atoms with Crippen LogP contribution < -0.4 is 0 Å². The van der Waals surface area contributed by atoms with E-state index in [1.165, 1.54) is 0 Å². The topological polar surface area (TPSA) is 63.6 Å². The number of rotatable bonds is 2. The third-order valence-corrected chi connectivity index (χ3v) is 4.24. The zero-order chi connectivity index (χ0) is 16.6. The molecular formula is C17H10BrClO4. The van der Waals surface area contributed by atoms with E-state index in [0.717, 1.165) is 4.47 Å². The zero-order valence-corrected chi connectivity index (χ0v) is 14.0. The van der Waals surface area contributed by atoms with E-state index in [-0.39, 0.29) is 11.3 Å². The molecule has 3 rings (SSSR count). The van der Waals surface area contributed by atoms with Gasteiger partial charge in [0, 0.05) is 15.1 Å². The minimum absolute atomic E-state index is 0.0698. The number of benzene rings is 2. The highest BCUT2D eigenvalue weighted by Gasteiger charge is 2.42. The van der Waals surface area contributed by atoms with Crippen LogP contribution in [0.4, 0.5) is 0 Å². The molecule has 1 atom stereocenters. The summed E-state index contributed by atoms with van der Waals surface area (Å²) in [6.45, 7) is 0. The number of hydrogen-bond acceptors (Lipinski definition) is 4. The molecule has 0 radical (unpaired) electrons. The summed E-state index contributed by atoms with van der Waals surface area (Å²) in [5.74, 6) is -2.11. The number of aliphatic hydroxyl groups excluding tert-OH is 1. The monoisotopic (exact) mass is 392 g/mol. The first-order chi connectivity index (χ1) is 11.0. The molecule has 0 aromatic heterocycles. The number of ketones is 1. The van der Waals surface area contributed by atoms with Crippen molar-refractivity contribution >= 4 is 45.0 Å². The molecule has 1 N–H and O–H groups in total. The molecule has 1 aliphatic heterocycles. The Morgan fingerprint density at radius 2 is 1.65 bits per heavy atom. The van der Waals surface area contributed by atoms with Crippen molar-refractivity contribution in [3.63, 3.8) is 0 Å². The first-order valence-corrected chi connectivity index (χ1v) is 7.84. The molecule has 1 aliphatic rings. The molecule has 116 valence electrons. The fourth-order valence-corrected chi connectivity index (χ4v) is 2.71. The SMILES string of the molecule is O=C1O[C@@H](c2ccc(Br)cc2)C(=C(O)c2ccc(Cl)cc2)C1=O. The number of carbonyl (C=O) groups excluding carboxylic acids is 2. The van der Waals surface area contributed by atoms with Gasteiger partial charge in [-0.05, 0) is 42.0 Å². The molecule has 23 heavy (non-hydrogen) atoms. The van der Waals surface area contributed by atoms with Crippen molar-refractivity contribution in [2.24, 2.45) is 0 Å². The number of esters is 1. The number of halogens is 2. The van der Waals surface area contributed by atoms with Gasteiger partial charge in [0.25, 0.3) is 5.78 Å². The molecule has 0 aliphatic carbocycles. The number of Topliss-reactive ketones (excluding diaryl/α,β-unsaturated/α-hetero) is 1. The maximum atomic E-state index is 12.1. The summed E-state index contributed by atoms with van der Waals surface area (Å²) in [4.78, 5) is 23.8. The molecule has 0 bridgehead atoms. The number of hydrogen-bond donors (Lipinski definition) is 1. The normalized spacial score (nSPS) is 19.7. The summed E-state index contributed by atoms with van der Waals surface area (Å²) in [5, 5.41) is 11.0. The van der Waals surface area contributed by atoms with Gasteiger partial charge in [-0.1, -0.05) is 39.7 Å². The van der Waals surface area contributed by atoms with Gasteiger partial charge in [-0.15, -0.1) is 0 Å². The van der Waals surface area contributed by atoms with Crippen molar-refractivity contribution in [1.82, 2.24) is 0 Å². The summed E-state index contributed by atoms with van der Waals surface area (Å²) < 4.78 is 5.98. The molecule has 1 heterocycles. The zero-order valence-electron chi connectivity index (χ0n) is 11.6. The Kier molecular flexibility index (Phi) is 4.24. The van der Waals surface area contributed by atoms with E-state index in [0.29, 0.717) is 16.1 Å². The molecule has 0 spiro atoms. The summed E-state index contributed by atoms with van der Waals surface area (Å²) in [6, 6.07) is 13.3. The van der Waals surface area contributed by atoms with Gasteiger partial charge in [0.15, 0.2) is 6.10 Å². The third-order valence-electron chi connectivity index (χ3n) is 3.46. The Morgan fingerprint density at radius 3 is 2.26 bits per heavy atom. The average molecular weight is 394 g/mol. The highest BCUT2D eigenvalue weighted by molar-refractivity contribution is 9.10. The fraction of sp³-hybridized carbons (Fsp3) is 0.0588. The first-order valence-electron chi connectivity index (χ1n) is 6.67. The van der Waals surface area contributed by atoms with Crippen LogP contribution in [-0.2, 0) is 14.3 Å². The molecule has 4 nitrogen and oxygen atoms in total. The van der Waals surface area contributed by atoms with Crippen LogP contribution >= 0.6 is 27.5 Å². The smallest absolute Gasteiger partial charge is 0.380 e. The lowest BCUT2D eigenvalue weighted by Gasteiger charge is -2.12. The van der Waals surface area contributed by atoms with Crippen molar-refractivity contribution < 1.29 is 19.4 Å². The molecule has 1 fully saturated rings. The minimum atomic E-state index is -0.978. The molecular weight excluding hydrogens is 384 g/mol. The third kappa shape index (κ3) is 3.02. The lowest BCUT2D eigenvalue weighted by atomic mass is 9.97. The van der Waals surface area contributed by atoms with Crippen molar-refractivity contribution in [2.45, 2.75) is 6.10 Å². The molecule has 0 saturated carbocycles. The van der Waals surface area contributed by atoms with Crippen LogP contribution in [0.3, 0.4) is 0 Å². The van der Waals surface area contributed by atoms with E-state index in [2.05, 4.69) is 15.9 Å². The minimum Gasteiger partial charge on any atom is -0.507 e. The van der Waals surface area contributed by atoms with E-state index >= 15 is 0 Å². The standard InChI is InChI=1S/C17H10BrClO4/c18-11-5-1-10(2-6-11)16-13(15(21)17(22)23-16)14(20)9-3-7-12(19)8-4-9/h1-8,16,20H/t16-/m0/s1. The van der Waals surface area contributed by atoms with Crippen molar-refractivity contribution in [1.29, 1.82) is 0 Å². The van der Waals surface area contributed by atoms with Gasteiger partial charge in [-0.25, -0.2) is 4.79 Å². The van der Waals surface area contributed by atoms with Gasteiger partial charge in [-0.3, -0.25) is 4.79 Å². The van der Waals surface area contributed by atoms with Gasteiger partial charge in [0.1, 0.15) is 5.76 Å². The van der Waals surface area contributed by atoms with E-state index in [1.54, 1.807) is 48.5 Å². The highest BCUT2D eigenvalue weighted by Crippen LogP contribution is 2.37. The van der Waals surface area contributed by atoms with Gasteiger partial charge >= 0.3 is 5.97 Å². The molecule has 0 unspecified atom stereocenters. The lowest BCUT2D eigenvalue weighted by molar-refractivity contribution is -0.149. The van der Waals surface area contributed by atoms with E-state index in [4.69, 9.17) is 16.3 Å². The Labute approximate surface area is 145 Å². The van der Waals surface area contributed by atoms with E-state index < -0.39 is 17.9 Å². The van der Waals surface area contributed by atoms with E-state index in [1.807, 2.05) is 0 Å². The molecule has 2 aromatic rings.